The van der Waals surface area contributed by atoms with Gasteiger partial charge in [0.15, 0.2) is 17.1 Å². The van der Waals surface area contributed by atoms with E-state index in [0.717, 1.165) is 5.69 Å². The minimum atomic E-state index is -1.35. The van der Waals surface area contributed by atoms with Crippen LogP contribution >= 0.6 is 0 Å². The first-order valence-electron chi connectivity index (χ1n) is 6.13. The van der Waals surface area contributed by atoms with E-state index in [1.54, 1.807) is 26.0 Å². The standard InChI is InChI=1S/C8H9NO2.C6H7NO2.C2H.BrH.Mg/c1-4-8(3,10)7-5-6(2)9-11-7;1-4-3-6(5(2)8)9-7-4;1-2;;/h1,5,10H,2-3H3;3H,1-2H3;1H;1H;/q;;-1;;+2/p-1. The van der Waals surface area contributed by atoms with Gasteiger partial charge < -0.3 is 44.0 Å². The number of aromatic nitrogens is 2. The van der Waals surface area contributed by atoms with Gasteiger partial charge in [0, 0.05) is 19.1 Å². The van der Waals surface area contributed by atoms with Gasteiger partial charge in [-0.3, -0.25) is 4.79 Å². The number of carbonyl (C=O) groups is 1. The number of hydrogen-bond acceptors (Lipinski definition) is 6. The van der Waals surface area contributed by atoms with Gasteiger partial charge in [-0.2, -0.15) is 0 Å². The Bertz CT molecular complexity index is 684. The Hall–Kier alpha value is -1.58. The van der Waals surface area contributed by atoms with Crippen LogP contribution in [0.2, 0.25) is 0 Å². The van der Waals surface area contributed by atoms with Crippen LogP contribution in [0, 0.1) is 39.0 Å². The summed E-state index contributed by atoms with van der Waals surface area (Å²) in [7, 11) is 0. The van der Waals surface area contributed by atoms with Crippen molar-refractivity contribution in [1.82, 2.24) is 10.3 Å². The van der Waals surface area contributed by atoms with Crippen molar-refractivity contribution in [2.24, 2.45) is 0 Å². The van der Waals surface area contributed by atoms with E-state index in [9.17, 15) is 9.90 Å². The summed E-state index contributed by atoms with van der Waals surface area (Å²) in [4.78, 5) is 10.5. The van der Waals surface area contributed by atoms with Crippen molar-refractivity contribution in [3.63, 3.8) is 0 Å². The van der Waals surface area contributed by atoms with Crippen LogP contribution in [0.15, 0.2) is 21.2 Å². The monoisotopic (exact) mass is 404 g/mol. The number of nitrogens with zero attached hydrogens (tertiary/aromatic N) is 2. The summed E-state index contributed by atoms with van der Waals surface area (Å²) in [6.07, 6.45) is 14.1. The Morgan fingerprint density at radius 3 is 1.96 bits per heavy atom. The second kappa shape index (κ2) is 12.8. The molecule has 6 nitrogen and oxygen atoms in total. The molecule has 0 bridgehead atoms. The van der Waals surface area contributed by atoms with Gasteiger partial charge in [0.05, 0.1) is 11.4 Å². The summed E-state index contributed by atoms with van der Waals surface area (Å²) >= 11 is 0. The van der Waals surface area contributed by atoms with E-state index in [1.165, 1.54) is 13.8 Å². The molecule has 1 atom stereocenters. The minimum Gasteiger partial charge on any atom is -1.00 e. The average Bonchev–Trinajstić information content (AvgIpc) is 3.11. The first-order valence-corrected chi connectivity index (χ1v) is 6.13. The van der Waals surface area contributed by atoms with Crippen molar-refractivity contribution in [2.45, 2.75) is 33.3 Å². The Labute approximate surface area is 168 Å². The van der Waals surface area contributed by atoms with Crippen LogP contribution in [0.25, 0.3) is 0 Å². The molecule has 8 heteroatoms. The maximum absolute atomic E-state index is 10.5. The number of terminal acetylenes is 2. The van der Waals surface area contributed by atoms with E-state index in [4.69, 9.17) is 17.4 Å². The maximum atomic E-state index is 10.5. The first-order chi connectivity index (χ1) is 10.3. The smallest absolute Gasteiger partial charge is 1.00 e. The van der Waals surface area contributed by atoms with Crippen molar-refractivity contribution in [2.75, 3.05) is 0 Å². The summed E-state index contributed by atoms with van der Waals surface area (Å²) < 4.78 is 9.40. The zero-order chi connectivity index (χ0) is 17.3. The van der Waals surface area contributed by atoms with E-state index in [-0.39, 0.29) is 45.8 Å². The number of ketones is 1. The average molecular weight is 406 g/mol. The minimum absolute atomic E-state index is 0. The van der Waals surface area contributed by atoms with Gasteiger partial charge in [0.2, 0.25) is 5.76 Å². The Morgan fingerprint density at radius 1 is 1.25 bits per heavy atom. The maximum Gasteiger partial charge on any atom is 2.00 e. The van der Waals surface area contributed by atoms with Crippen LogP contribution in [-0.4, -0.2) is 44.3 Å². The molecule has 0 aliphatic heterocycles. The van der Waals surface area contributed by atoms with Gasteiger partial charge in [-0.15, -0.1) is 6.42 Å². The fourth-order valence-electron chi connectivity index (χ4n) is 1.19. The van der Waals surface area contributed by atoms with E-state index < -0.39 is 5.60 Å². The first kappa shape index (κ1) is 27.3. The fourth-order valence-corrected chi connectivity index (χ4v) is 1.19. The molecule has 0 amide bonds. The van der Waals surface area contributed by atoms with Gasteiger partial charge in [-0.05, 0) is 20.8 Å². The van der Waals surface area contributed by atoms with Gasteiger partial charge >= 0.3 is 23.1 Å². The topological polar surface area (TPSA) is 89.4 Å². The van der Waals surface area contributed by atoms with Crippen molar-refractivity contribution >= 4 is 28.8 Å². The second-order valence-electron chi connectivity index (χ2n) is 4.44. The zero-order valence-electron chi connectivity index (χ0n) is 14.0. The Kier molecular flexibility index (Phi) is 14.5. The van der Waals surface area contributed by atoms with E-state index in [1.807, 2.05) is 0 Å². The molecule has 124 valence electrons. The molecule has 2 rings (SSSR count). The van der Waals surface area contributed by atoms with Gasteiger partial charge in [-0.25, -0.2) is 0 Å². The second-order valence-corrected chi connectivity index (χ2v) is 4.44. The van der Waals surface area contributed by atoms with Crippen LogP contribution < -0.4 is 17.0 Å². The molecule has 0 aromatic carbocycles. The number of aliphatic hydroxyl groups is 1. The van der Waals surface area contributed by atoms with Crippen molar-refractivity contribution < 1.29 is 35.9 Å². The van der Waals surface area contributed by atoms with Gasteiger partial charge in [-0.1, -0.05) is 16.2 Å². The molecule has 1 unspecified atom stereocenters. The molecule has 24 heavy (non-hydrogen) atoms. The molecule has 0 radical (unpaired) electrons. The Morgan fingerprint density at radius 2 is 1.71 bits per heavy atom. The van der Waals surface area contributed by atoms with Crippen LogP contribution in [0.1, 0.15) is 41.6 Å². The third-order valence-corrected chi connectivity index (χ3v) is 2.36. The number of Topliss-reactive ketones (excluding diaryl/α,β-unsaturated/α-hetero) is 1. The molecule has 0 fully saturated rings. The van der Waals surface area contributed by atoms with Crippen molar-refractivity contribution in [3.05, 3.63) is 41.5 Å². The fraction of sp³-hybridized carbons (Fsp3) is 0.312. The van der Waals surface area contributed by atoms with E-state index in [0.29, 0.717) is 17.2 Å². The molecular formula is C16H17BrMgN2O4. The van der Waals surface area contributed by atoms with Crippen LogP contribution in [0.3, 0.4) is 0 Å². The summed E-state index contributed by atoms with van der Waals surface area (Å²) in [5.74, 6) is 2.73. The largest absolute Gasteiger partial charge is 2.00 e. The summed E-state index contributed by atoms with van der Waals surface area (Å²) in [5, 5.41) is 16.6. The summed E-state index contributed by atoms with van der Waals surface area (Å²) in [6, 6.07) is 3.22. The van der Waals surface area contributed by atoms with Crippen LogP contribution in [0.5, 0.6) is 0 Å². The molecule has 2 aromatic rings. The molecule has 0 saturated heterocycles. The number of hydrogen-bond donors (Lipinski definition) is 1. The summed E-state index contributed by atoms with van der Waals surface area (Å²) in [6.45, 7) is 6.46. The Balaban J connectivity index is -0.000000313. The van der Waals surface area contributed by atoms with E-state index in [2.05, 4.69) is 27.2 Å². The predicted octanol–water partition coefficient (Wildman–Crippen LogP) is -1.16. The molecular weight excluding hydrogens is 388 g/mol. The van der Waals surface area contributed by atoms with Crippen LogP contribution in [0.4, 0.5) is 0 Å². The van der Waals surface area contributed by atoms with Gasteiger partial charge in [0.1, 0.15) is 0 Å². The third-order valence-electron chi connectivity index (χ3n) is 2.36. The molecule has 0 saturated carbocycles. The number of halogens is 1. The molecule has 0 aliphatic rings. The predicted molar refractivity (Wildman–Crippen MR) is 84.8 cm³/mol. The molecule has 1 N–H and O–H groups in total. The quantitative estimate of drug-likeness (QED) is 0.293. The molecule has 0 spiro atoms. The molecule has 0 aliphatic carbocycles. The van der Waals surface area contributed by atoms with Gasteiger partial charge in [0.25, 0.3) is 0 Å². The number of aryl methyl sites for hydroxylation is 2. The molecule has 2 aromatic heterocycles. The van der Waals surface area contributed by atoms with Crippen molar-refractivity contribution in [3.8, 4) is 18.8 Å². The summed E-state index contributed by atoms with van der Waals surface area (Å²) in [5.41, 5.74) is 0.0945. The number of carbonyl (C=O) groups excluding carboxylic acids is 1. The van der Waals surface area contributed by atoms with Crippen molar-refractivity contribution in [1.29, 1.82) is 0 Å². The number of rotatable bonds is 2. The normalized spacial score (nSPS) is 10.8. The zero-order valence-corrected chi connectivity index (χ0v) is 17.0. The molecule has 2 heterocycles. The van der Waals surface area contributed by atoms with E-state index >= 15 is 0 Å². The van der Waals surface area contributed by atoms with Crippen LogP contribution in [-0.2, 0) is 5.60 Å². The third kappa shape index (κ3) is 8.89. The SMILES string of the molecule is C#CC(C)(O)c1cc(C)no1.CC(=O)c1cc(C)no1.[Br-].[C-]#C.[Mg+2].